The van der Waals surface area contributed by atoms with Gasteiger partial charge in [0.1, 0.15) is 0 Å². The molecule has 1 aliphatic rings. The highest BCUT2D eigenvalue weighted by Crippen LogP contribution is 2.23. The van der Waals surface area contributed by atoms with Crippen molar-refractivity contribution in [2.24, 2.45) is 0 Å². The first-order chi connectivity index (χ1) is 12.6. The van der Waals surface area contributed by atoms with E-state index < -0.39 is 0 Å². The minimum atomic E-state index is 0.154. The minimum absolute atomic E-state index is 0.154. The second-order valence-electron chi connectivity index (χ2n) is 7.42. The van der Waals surface area contributed by atoms with E-state index >= 15 is 0 Å². The molecule has 1 fully saturated rings. The molecule has 1 N–H and O–H groups in total. The van der Waals surface area contributed by atoms with E-state index in [2.05, 4.69) is 18.3 Å². The molecule has 1 aromatic carbocycles. The number of rotatable bonds is 4. The van der Waals surface area contributed by atoms with E-state index in [0.717, 1.165) is 46.3 Å². The lowest BCUT2D eigenvalue weighted by molar-refractivity contribution is -0.121. The molecular formula is C21H26N4O. The van der Waals surface area contributed by atoms with E-state index in [1.165, 1.54) is 19.3 Å². The average molecular weight is 350 g/mol. The van der Waals surface area contributed by atoms with Crippen molar-refractivity contribution in [2.75, 3.05) is 0 Å². The van der Waals surface area contributed by atoms with E-state index in [9.17, 15) is 4.79 Å². The molecule has 0 radical (unpaired) electrons. The van der Waals surface area contributed by atoms with Gasteiger partial charge in [-0.15, -0.1) is 0 Å². The van der Waals surface area contributed by atoms with Gasteiger partial charge in [0.15, 0.2) is 5.65 Å². The highest BCUT2D eigenvalue weighted by molar-refractivity contribution is 5.92. The van der Waals surface area contributed by atoms with E-state index in [-0.39, 0.29) is 5.91 Å². The molecule has 0 bridgehead atoms. The molecule has 0 atom stereocenters. The summed E-state index contributed by atoms with van der Waals surface area (Å²) in [4.78, 5) is 17.1. The molecule has 4 rings (SSSR count). The lowest BCUT2D eigenvalue weighted by atomic mass is 9.95. The number of nitrogens with zero attached hydrogens (tertiary/aromatic N) is 3. The first kappa shape index (κ1) is 17.0. The maximum absolute atomic E-state index is 12.4. The molecule has 2 aromatic heterocycles. The summed E-state index contributed by atoms with van der Waals surface area (Å²) in [5.74, 6) is 0.154. The highest BCUT2D eigenvalue weighted by atomic mass is 16.1. The third kappa shape index (κ3) is 3.18. The van der Waals surface area contributed by atoms with Crippen molar-refractivity contribution in [3.63, 3.8) is 0 Å². The topological polar surface area (TPSA) is 59.3 Å². The van der Waals surface area contributed by atoms with E-state index in [0.29, 0.717) is 18.9 Å². The van der Waals surface area contributed by atoms with Crippen molar-refractivity contribution in [1.29, 1.82) is 0 Å². The summed E-state index contributed by atoms with van der Waals surface area (Å²) >= 11 is 0. The van der Waals surface area contributed by atoms with Gasteiger partial charge in [-0.2, -0.15) is 5.10 Å². The van der Waals surface area contributed by atoms with Gasteiger partial charge in [0, 0.05) is 29.2 Å². The maximum Gasteiger partial charge on any atom is 0.220 e. The Morgan fingerprint density at radius 3 is 2.77 bits per heavy atom. The van der Waals surface area contributed by atoms with Gasteiger partial charge in [0.25, 0.3) is 0 Å². The van der Waals surface area contributed by atoms with Crippen molar-refractivity contribution < 1.29 is 4.79 Å². The number of hydrogen-bond donors (Lipinski definition) is 1. The molecule has 26 heavy (non-hydrogen) atoms. The zero-order chi connectivity index (χ0) is 18.1. The van der Waals surface area contributed by atoms with Crippen LogP contribution in [0.5, 0.6) is 0 Å². The Morgan fingerprint density at radius 2 is 1.96 bits per heavy atom. The molecule has 1 amide bonds. The van der Waals surface area contributed by atoms with Crippen LogP contribution in [0.25, 0.3) is 16.6 Å². The predicted molar refractivity (Wildman–Crippen MR) is 103 cm³/mol. The van der Waals surface area contributed by atoms with Crippen molar-refractivity contribution in [3.8, 4) is 0 Å². The third-order valence-corrected chi connectivity index (χ3v) is 5.59. The number of carbonyl (C=O) groups excluding carboxylic acids is 1. The number of aromatic nitrogens is 3. The Labute approximate surface area is 153 Å². The monoisotopic (exact) mass is 350 g/mol. The van der Waals surface area contributed by atoms with Crippen LogP contribution < -0.4 is 5.32 Å². The SMILES string of the molecule is Cc1nc2c3ccccc3nn2c(C)c1CCC(=O)NC1CCCCC1. The summed E-state index contributed by atoms with van der Waals surface area (Å²) in [6, 6.07) is 8.44. The quantitative estimate of drug-likeness (QED) is 0.777. The first-order valence-corrected chi connectivity index (χ1v) is 9.66. The maximum atomic E-state index is 12.4. The van der Waals surface area contributed by atoms with Crippen LogP contribution in [0.4, 0.5) is 0 Å². The van der Waals surface area contributed by atoms with Gasteiger partial charge >= 0.3 is 0 Å². The predicted octanol–water partition coefficient (Wildman–Crippen LogP) is 3.88. The van der Waals surface area contributed by atoms with E-state index in [4.69, 9.17) is 10.1 Å². The molecule has 1 saturated carbocycles. The van der Waals surface area contributed by atoms with Crippen LogP contribution >= 0.6 is 0 Å². The van der Waals surface area contributed by atoms with Crippen LogP contribution in [0.3, 0.4) is 0 Å². The average Bonchev–Trinajstić information content (AvgIpc) is 3.01. The van der Waals surface area contributed by atoms with Crippen molar-refractivity contribution in [2.45, 2.75) is 64.8 Å². The van der Waals surface area contributed by atoms with Crippen LogP contribution in [-0.2, 0) is 11.2 Å². The fourth-order valence-electron chi connectivity index (χ4n) is 4.12. The zero-order valence-corrected chi connectivity index (χ0v) is 15.6. The van der Waals surface area contributed by atoms with Gasteiger partial charge in [0.2, 0.25) is 5.91 Å². The smallest absolute Gasteiger partial charge is 0.220 e. The molecule has 3 aromatic rings. The van der Waals surface area contributed by atoms with Crippen LogP contribution in [0.15, 0.2) is 24.3 Å². The summed E-state index contributed by atoms with van der Waals surface area (Å²) in [6.45, 7) is 4.10. The molecule has 1 aliphatic carbocycles. The number of hydrogen-bond acceptors (Lipinski definition) is 3. The molecular weight excluding hydrogens is 324 g/mol. The number of amides is 1. The molecule has 2 heterocycles. The Balaban J connectivity index is 1.54. The highest BCUT2D eigenvalue weighted by Gasteiger charge is 2.18. The van der Waals surface area contributed by atoms with Gasteiger partial charge in [-0.1, -0.05) is 31.4 Å². The molecule has 0 spiro atoms. The Hall–Kier alpha value is -2.43. The molecule has 0 unspecified atom stereocenters. The fourth-order valence-corrected chi connectivity index (χ4v) is 4.12. The van der Waals surface area contributed by atoms with E-state index in [1.807, 2.05) is 29.6 Å². The van der Waals surface area contributed by atoms with Crippen LogP contribution in [0.2, 0.25) is 0 Å². The molecule has 0 aliphatic heterocycles. The van der Waals surface area contributed by atoms with Crippen molar-refractivity contribution in [3.05, 3.63) is 41.2 Å². The summed E-state index contributed by atoms with van der Waals surface area (Å²) in [5, 5.41) is 8.97. The second kappa shape index (κ2) is 7.06. The molecule has 5 heteroatoms. The third-order valence-electron chi connectivity index (χ3n) is 5.59. The summed E-state index contributed by atoms with van der Waals surface area (Å²) < 4.78 is 1.92. The van der Waals surface area contributed by atoms with Crippen LogP contribution in [0.1, 0.15) is 55.5 Å². The first-order valence-electron chi connectivity index (χ1n) is 9.66. The normalized spacial score (nSPS) is 15.6. The van der Waals surface area contributed by atoms with Crippen molar-refractivity contribution in [1.82, 2.24) is 19.9 Å². The number of nitrogens with one attached hydrogen (secondary N) is 1. The standard InChI is InChI=1S/C21H26N4O/c1-14-17(12-13-20(26)23-16-8-4-3-5-9-16)15(2)25-21(22-14)18-10-6-7-11-19(18)24-25/h6-7,10-11,16H,3-5,8-9,12-13H2,1-2H3,(H,23,26). The lowest BCUT2D eigenvalue weighted by Gasteiger charge is -2.22. The van der Waals surface area contributed by atoms with Crippen LogP contribution in [0, 0.1) is 13.8 Å². The lowest BCUT2D eigenvalue weighted by Crippen LogP contribution is -2.36. The van der Waals surface area contributed by atoms with Gasteiger partial charge in [-0.05, 0) is 50.8 Å². The van der Waals surface area contributed by atoms with Gasteiger partial charge in [0.05, 0.1) is 5.52 Å². The second-order valence-corrected chi connectivity index (χ2v) is 7.42. The molecule has 5 nitrogen and oxygen atoms in total. The number of fused-ring (bicyclic) bond motifs is 3. The Morgan fingerprint density at radius 1 is 1.19 bits per heavy atom. The Bertz CT molecular complexity index is 953. The zero-order valence-electron chi connectivity index (χ0n) is 15.6. The molecule has 136 valence electrons. The summed E-state index contributed by atoms with van der Waals surface area (Å²) in [5.41, 5.74) is 5.05. The van der Waals surface area contributed by atoms with Crippen LogP contribution in [-0.4, -0.2) is 26.5 Å². The van der Waals surface area contributed by atoms with Gasteiger partial charge in [-0.25, -0.2) is 9.50 Å². The summed E-state index contributed by atoms with van der Waals surface area (Å²) in [7, 11) is 0. The minimum Gasteiger partial charge on any atom is -0.353 e. The number of carbonyl (C=O) groups is 1. The number of aryl methyl sites for hydroxylation is 2. The Kier molecular flexibility index (Phi) is 4.62. The van der Waals surface area contributed by atoms with Gasteiger partial charge in [-0.3, -0.25) is 4.79 Å². The van der Waals surface area contributed by atoms with E-state index in [1.54, 1.807) is 0 Å². The van der Waals surface area contributed by atoms with Crippen molar-refractivity contribution >= 4 is 22.5 Å². The van der Waals surface area contributed by atoms with Gasteiger partial charge < -0.3 is 5.32 Å². The largest absolute Gasteiger partial charge is 0.353 e. The fraction of sp³-hybridized carbons (Fsp3) is 0.476. The molecule has 0 saturated heterocycles. The summed E-state index contributed by atoms with van der Waals surface area (Å²) in [6.07, 6.45) is 7.22. The number of benzene rings is 1.